The van der Waals surface area contributed by atoms with Crippen LogP contribution in [0.5, 0.6) is 5.75 Å². The molecule has 102 valence electrons. The summed E-state index contributed by atoms with van der Waals surface area (Å²) in [5.41, 5.74) is 3.19. The number of amides is 1. The largest absolute Gasteiger partial charge is 0.484 e. The number of aromatic nitrogens is 1. The summed E-state index contributed by atoms with van der Waals surface area (Å²) in [5, 5.41) is 3.82. The van der Waals surface area contributed by atoms with Crippen LogP contribution in [-0.2, 0) is 4.79 Å². The first-order valence-corrected chi connectivity index (χ1v) is 6.63. The molecule has 20 heavy (non-hydrogen) atoms. The Morgan fingerprint density at radius 3 is 3.05 bits per heavy atom. The van der Waals surface area contributed by atoms with Gasteiger partial charge in [-0.25, -0.2) is 5.43 Å². The highest BCUT2D eigenvalue weighted by molar-refractivity contribution is 9.10. The smallest absolute Gasteiger partial charge is 0.277 e. The maximum atomic E-state index is 11.5. The maximum Gasteiger partial charge on any atom is 0.277 e. The molecule has 6 heteroatoms. The quantitative estimate of drug-likeness (QED) is 0.674. The number of nitrogens with zero attached hydrogens (tertiary/aromatic N) is 2. The minimum absolute atomic E-state index is 0.0964. The molecule has 1 amide bonds. The zero-order valence-corrected chi connectivity index (χ0v) is 12.1. The van der Waals surface area contributed by atoms with Crippen LogP contribution in [0.4, 0.5) is 0 Å². The number of carbonyl (C=O) groups is 1. The van der Waals surface area contributed by atoms with Gasteiger partial charge in [0, 0.05) is 22.4 Å². The van der Waals surface area contributed by atoms with Crippen LogP contribution in [0.3, 0.4) is 0 Å². The number of nitrogens with one attached hydrogen (secondary N) is 1. The van der Waals surface area contributed by atoms with Crippen LogP contribution in [0.15, 0.2) is 58.4 Å². The molecule has 0 aliphatic heterocycles. The molecule has 5 nitrogen and oxygen atoms in total. The summed E-state index contributed by atoms with van der Waals surface area (Å²) in [6.07, 6.45) is 4.83. The average molecular weight is 334 g/mol. The van der Waals surface area contributed by atoms with E-state index >= 15 is 0 Å². The second kappa shape index (κ2) is 7.40. The van der Waals surface area contributed by atoms with E-state index in [0.717, 1.165) is 10.0 Å². The number of rotatable bonds is 5. The van der Waals surface area contributed by atoms with Crippen LogP contribution >= 0.6 is 15.9 Å². The number of hydrogen-bond acceptors (Lipinski definition) is 4. The van der Waals surface area contributed by atoms with Crippen LogP contribution in [0.2, 0.25) is 0 Å². The highest BCUT2D eigenvalue weighted by Crippen LogP contribution is 2.17. The molecule has 0 radical (unpaired) electrons. The number of pyridine rings is 1. The molecule has 0 aliphatic rings. The van der Waals surface area contributed by atoms with Crippen molar-refractivity contribution in [1.29, 1.82) is 0 Å². The van der Waals surface area contributed by atoms with Gasteiger partial charge in [0.25, 0.3) is 5.91 Å². The topological polar surface area (TPSA) is 63.6 Å². The van der Waals surface area contributed by atoms with E-state index in [9.17, 15) is 4.79 Å². The number of ether oxygens (including phenoxy) is 1. The predicted octanol–water partition coefficient (Wildman–Crippen LogP) is 2.37. The van der Waals surface area contributed by atoms with Gasteiger partial charge in [-0.3, -0.25) is 9.78 Å². The fraction of sp³-hybridized carbons (Fsp3) is 0.0714. The normalized spacial score (nSPS) is 10.4. The molecule has 0 saturated carbocycles. The van der Waals surface area contributed by atoms with Crippen molar-refractivity contribution in [1.82, 2.24) is 10.4 Å². The Morgan fingerprint density at radius 1 is 1.40 bits per heavy atom. The summed E-state index contributed by atoms with van der Waals surface area (Å²) in [6.45, 7) is -0.0964. The van der Waals surface area contributed by atoms with Gasteiger partial charge in [-0.15, -0.1) is 0 Å². The summed E-state index contributed by atoms with van der Waals surface area (Å²) >= 11 is 3.33. The average Bonchev–Trinajstić information content (AvgIpc) is 2.46. The van der Waals surface area contributed by atoms with Gasteiger partial charge in [0.1, 0.15) is 5.75 Å². The SMILES string of the molecule is O=C(COc1cccc(Br)c1)NN=Cc1cccnc1. The lowest BCUT2D eigenvalue weighted by Gasteiger charge is -2.04. The van der Waals surface area contributed by atoms with E-state index in [1.807, 2.05) is 18.2 Å². The third kappa shape index (κ3) is 4.81. The van der Waals surface area contributed by atoms with Crippen molar-refractivity contribution in [2.75, 3.05) is 6.61 Å². The van der Waals surface area contributed by atoms with Crippen LogP contribution in [0, 0.1) is 0 Å². The van der Waals surface area contributed by atoms with E-state index in [2.05, 4.69) is 31.4 Å². The van der Waals surface area contributed by atoms with Gasteiger partial charge in [-0.1, -0.05) is 28.1 Å². The molecule has 2 rings (SSSR count). The molecule has 0 fully saturated rings. The summed E-state index contributed by atoms with van der Waals surface area (Å²) < 4.78 is 6.22. The van der Waals surface area contributed by atoms with Gasteiger partial charge >= 0.3 is 0 Å². The van der Waals surface area contributed by atoms with Gasteiger partial charge in [0.05, 0.1) is 6.21 Å². The zero-order chi connectivity index (χ0) is 14.2. The number of halogens is 1. The highest BCUT2D eigenvalue weighted by atomic mass is 79.9. The molecule has 1 aromatic carbocycles. The van der Waals surface area contributed by atoms with Crippen molar-refractivity contribution < 1.29 is 9.53 Å². The molecule has 1 N–H and O–H groups in total. The maximum absolute atomic E-state index is 11.5. The Bertz CT molecular complexity index is 602. The molecule has 1 aromatic heterocycles. The van der Waals surface area contributed by atoms with E-state index in [1.54, 1.807) is 30.6 Å². The van der Waals surface area contributed by atoms with E-state index < -0.39 is 0 Å². The van der Waals surface area contributed by atoms with E-state index in [-0.39, 0.29) is 12.5 Å². The zero-order valence-electron chi connectivity index (χ0n) is 10.5. The van der Waals surface area contributed by atoms with Crippen molar-refractivity contribution in [2.45, 2.75) is 0 Å². The number of benzene rings is 1. The van der Waals surface area contributed by atoms with Crippen LogP contribution < -0.4 is 10.2 Å². The van der Waals surface area contributed by atoms with Gasteiger partial charge in [0.2, 0.25) is 0 Å². The van der Waals surface area contributed by atoms with Crippen molar-refractivity contribution in [3.8, 4) is 5.75 Å². The van der Waals surface area contributed by atoms with Crippen LogP contribution in [0.25, 0.3) is 0 Å². The number of hydrazone groups is 1. The fourth-order valence-corrected chi connectivity index (χ4v) is 1.75. The van der Waals surface area contributed by atoms with E-state index in [4.69, 9.17) is 4.74 Å². The molecular weight excluding hydrogens is 322 g/mol. The minimum Gasteiger partial charge on any atom is -0.484 e. The Hall–Kier alpha value is -2.21. The lowest BCUT2D eigenvalue weighted by atomic mass is 10.3. The molecule has 0 saturated heterocycles. The fourth-order valence-electron chi connectivity index (χ4n) is 1.37. The second-order valence-corrected chi connectivity index (χ2v) is 4.74. The van der Waals surface area contributed by atoms with Gasteiger partial charge in [-0.05, 0) is 24.3 Å². The van der Waals surface area contributed by atoms with Gasteiger partial charge < -0.3 is 4.74 Å². The first kappa shape index (κ1) is 14.2. The number of carbonyl (C=O) groups excluding carboxylic acids is 1. The first-order chi connectivity index (χ1) is 9.74. The summed E-state index contributed by atoms with van der Waals surface area (Å²) in [4.78, 5) is 15.4. The van der Waals surface area contributed by atoms with Gasteiger partial charge in [-0.2, -0.15) is 5.10 Å². The summed E-state index contributed by atoms with van der Waals surface area (Å²) in [7, 11) is 0. The third-order valence-electron chi connectivity index (χ3n) is 2.25. The summed E-state index contributed by atoms with van der Waals surface area (Å²) in [6, 6.07) is 10.9. The summed E-state index contributed by atoms with van der Waals surface area (Å²) in [5.74, 6) is 0.288. The molecule has 0 unspecified atom stereocenters. The minimum atomic E-state index is -0.329. The molecule has 2 aromatic rings. The first-order valence-electron chi connectivity index (χ1n) is 5.84. The lowest BCUT2D eigenvalue weighted by molar-refractivity contribution is -0.123. The Morgan fingerprint density at radius 2 is 2.30 bits per heavy atom. The Kier molecular flexibility index (Phi) is 5.25. The molecule has 1 heterocycles. The van der Waals surface area contributed by atoms with E-state index in [0.29, 0.717) is 5.75 Å². The molecule has 0 bridgehead atoms. The van der Waals surface area contributed by atoms with Crippen LogP contribution in [-0.4, -0.2) is 23.7 Å². The Balaban J connectivity index is 1.77. The molecular formula is C14H12BrN3O2. The Labute approximate surface area is 124 Å². The van der Waals surface area contributed by atoms with Gasteiger partial charge in [0.15, 0.2) is 6.61 Å². The molecule has 0 spiro atoms. The van der Waals surface area contributed by atoms with Crippen LogP contribution in [0.1, 0.15) is 5.56 Å². The second-order valence-electron chi connectivity index (χ2n) is 3.83. The molecule has 0 atom stereocenters. The third-order valence-corrected chi connectivity index (χ3v) is 2.75. The number of hydrogen-bond donors (Lipinski definition) is 1. The monoisotopic (exact) mass is 333 g/mol. The standard InChI is InChI=1S/C14H12BrN3O2/c15-12-4-1-5-13(7-12)20-10-14(19)18-17-9-11-3-2-6-16-8-11/h1-9H,10H2,(H,18,19). The van der Waals surface area contributed by atoms with Crippen molar-refractivity contribution in [2.24, 2.45) is 5.10 Å². The van der Waals surface area contributed by atoms with E-state index in [1.165, 1.54) is 6.21 Å². The predicted molar refractivity (Wildman–Crippen MR) is 79.6 cm³/mol. The molecule has 0 aliphatic carbocycles. The highest BCUT2D eigenvalue weighted by Gasteiger charge is 2.01. The van der Waals surface area contributed by atoms with Crippen molar-refractivity contribution in [3.63, 3.8) is 0 Å². The van der Waals surface area contributed by atoms with Crippen molar-refractivity contribution >= 4 is 28.1 Å². The van der Waals surface area contributed by atoms with Crippen molar-refractivity contribution in [3.05, 3.63) is 58.8 Å². The lowest BCUT2D eigenvalue weighted by Crippen LogP contribution is -2.24.